The first kappa shape index (κ1) is 14.5. The number of benzene rings is 1. The molecule has 18 heavy (non-hydrogen) atoms. The average Bonchev–Trinajstić information content (AvgIpc) is 2.32. The Morgan fingerprint density at radius 1 is 1.28 bits per heavy atom. The van der Waals surface area contributed by atoms with Gasteiger partial charge in [-0.2, -0.15) is 0 Å². The Hall–Kier alpha value is -1.56. The van der Waals surface area contributed by atoms with E-state index in [0.29, 0.717) is 5.92 Å². The summed E-state index contributed by atoms with van der Waals surface area (Å²) in [6, 6.07) is 8.85. The molecule has 0 N–H and O–H groups in total. The second-order valence-corrected chi connectivity index (χ2v) is 5.08. The molecule has 1 aromatic carbocycles. The van der Waals surface area contributed by atoms with Gasteiger partial charge in [-0.3, -0.25) is 0 Å². The van der Waals surface area contributed by atoms with Gasteiger partial charge in [-0.15, -0.1) is 0 Å². The predicted octanol–water partition coefficient (Wildman–Crippen LogP) is 5.25. The third kappa shape index (κ3) is 5.67. The van der Waals surface area contributed by atoms with E-state index in [9.17, 15) is 0 Å². The zero-order chi connectivity index (χ0) is 13.4. The molecule has 0 aliphatic carbocycles. The lowest BCUT2D eigenvalue weighted by Crippen LogP contribution is -1.98. The van der Waals surface area contributed by atoms with Crippen LogP contribution in [-0.2, 0) is 6.42 Å². The highest BCUT2D eigenvalue weighted by atomic mass is 14.1. The minimum atomic E-state index is 0.681. The molecule has 0 bridgehead atoms. The van der Waals surface area contributed by atoms with Crippen LogP contribution in [0.3, 0.4) is 0 Å². The van der Waals surface area contributed by atoms with E-state index in [4.69, 9.17) is 0 Å². The third-order valence-electron chi connectivity index (χ3n) is 3.00. The maximum atomic E-state index is 3.70. The van der Waals surface area contributed by atoms with Gasteiger partial charge in [0, 0.05) is 0 Å². The van der Waals surface area contributed by atoms with Crippen molar-refractivity contribution in [3.05, 3.63) is 71.8 Å². The predicted molar refractivity (Wildman–Crippen MR) is 81.8 cm³/mol. The molecule has 1 rings (SSSR count). The van der Waals surface area contributed by atoms with Crippen molar-refractivity contribution < 1.29 is 0 Å². The second kappa shape index (κ2) is 7.71. The molecule has 96 valence electrons. The van der Waals surface area contributed by atoms with Crippen LogP contribution >= 0.6 is 0 Å². The van der Waals surface area contributed by atoms with Crippen LogP contribution in [0.4, 0.5) is 0 Å². The van der Waals surface area contributed by atoms with Crippen LogP contribution in [0.25, 0.3) is 0 Å². The molecule has 1 unspecified atom stereocenters. The number of aryl methyl sites for hydroxylation is 1. The minimum absolute atomic E-state index is 0.681. The Balaban J connectivity index is 2.42. The summed E-state index contributed by atoms with van der Waals surface area (Å²) in [6.07, 6.45) is 10.6. The largest absolute Gasteiger partial charge is 0.0991 e. The van der Waals surface area contributed by atoms with Gasteiger partial charge in [0.25, 0.3) is 0 Å². The van der Waals surface area contributed by atoms with E-state index >= 15 is 0 Å². The number of allylic oxidation sites excluding steroid dienone is 5. The Morgan fingerprint density at radius 3 is 2.56 bits per heavy atom. The Kier molecular flexibility index (Phi) is 6.21. The van der Waals surface area contributed by atoms with Crippen molar-refractivity contribution in [1.29, 1.82) is 0 Å². The maximum absolute atomic E-state index is 3.70. The van der Waals surface area contributed by atoms with E-state index in [1.807, 2.05) is 12.2 Å². The molecule has 0 aliphatic heterocycles. The molecule has 0 fully saturated rings. The fourth-order valence-electron chi connectivity index (χ4n) is 1.94. The molecular weight excluding hydrogens is 216 g/mol. The summed E-state index contributed by atoms with van der Waals surface area (Å²) in [5, 5.41) is 0. The van der Waals surface area contributed by atoms with Gasteiger partial charge in [-0.05, 0) is 38.2 Å². The Bertz CT molecular complexity index is 418. The molecule has 0 radical (unpaired) electrons. The molecule has 0 spiro atoms. The first-order valence-corrected chi connectivity index (χ1v) is 6.63. The first-order chi connectivity index (χ1) is 8.61. The van der Waals surface area contributed by atoms with Crippen molar-refractivity contribution >= 4 is 0 Å². The fourth-order valence-corrected chi connectivity index (χ4v) is 1.94. The number of rotatable bonds is 6. The third-order valence-corrected chi connectivity index (χ3v) is 3.00. The Labute approximate surface area is 112 Å². The van der Waals surface area contributed by atoms with Crippen molar-refractivity contribution in [3.63, 3.8) is 0 Å². The lowest BCUT2D eigenvalue weighted by atomic mass is 9.97. The quantitative estimate of drug-likeness (QED) is 0.595. The van der Waals surface area contributed by atoms with Crippen LogP contribution in [0, 0.1) is 12.8 Å². The van der Waals surface area contributed by atoms with Gasteiger partial charge in [0.2, 0.25) is 0 Å². The summed E-state index contributed by atoms with van der Waals surface area (Å²) in [7, 11) is 0. The molecule has 0 nitrogen and oxygen atoms in total. The Morgan fingerprint density at radius 2 is 1.94 bits per heavy atom. The average molecular weight is 240 g/mol. The summed E-state index contributed by atoms with van der Waals surface area (Å²) in [4.78, 5) is 0. The molecule has 0 saturated carbocycles. The van der Waals surface area contributed by atoms with Gasteiger partial charge < -0.3 is 0 Å². The van der Waals surface area contributed by atoms with E-state index < -0.39 is 0 Å². The molecule has 0 heterocycles. The topological polar surface area (TPSA) is 0 Å². The number of hydrogen-bond donors (Lipinski definition) is 0. The van der Waals surface area contributed by atoms with Gasteiger partial charge in [0.15, 0.2) is 0 Å². The maximum Gasteiger partial charge on any atom is -0.0250 e. The van der Waals surface area contributed by atoms with Crippen molar-refractivity contribution in [1.82, 2.24) is 0 Å². The minimum Gasteiger partial charge on any atom is -0.0991 e. The van der Waals surface area contributed by atoms with Crippen LogP contribution in [0.15, 0.2) is 60.7 Å². The van der Waals surface area contributed by atoms with Gasteiger partial charge in [0.05, 0.1) is 0 Å². The lowest BCUT2D eigenvalue weighted by Gasteiger charge is -2.09. The van der Waals surface area contributed by atoms with Gasteiger partial charge in [0.1, 0.15) is 0 Å². The zero-order valence-corrected chi connectivity index (χ0v) is 11.8. The van der Waals surface area contributed by atoms with Crippen molar-refractivity contribution in [2.24, 2.45) is 5.92 Å². The molecule has 0 amide bonds. The zero-order valence-electron chi connectivity index (χ0n) is 11.8. The highest BCUT2D eigenvalue weighted by molar-refractivity contribution is 5.22. The van der Waals surface area contributed by atoms with E-state index in [0.717, 1.165) is 12.8 Å². The van der Waals surface area contributed by atoms with Crippen LogP contribution in [0.5, 0.6) is 0 Å². The summed E-state index contributed by atoms with van der Waals surface area (Å²) < 4.78 is 0. The van der Waals surface area contributed by atoms with Crippen LogP contribution in [-0.4, -0.2) is 0 Å². The van der Waals surface area contributed by atoms with Gasteiger partial charge in [-0.1, -0.05) is 73.2 Å². The summed E-state index contributed by atoms with van der Waals surface area (Å²) >= 11 is 0. The summed E-state index contributed by atoms with van der Waals surface area (Å²) in [5.74, 6) is 0.681. The smallest absolute Gasteiger partial charge is 0.0250 e. The van der Waals surface area contributed by atoms with Gasteiger partial charge >= 0.3 is 0 Å². The van der Waals surface area contributed by atoms with Crippen molar-refractivity contribution in [2.45, 2.75) is 33.6 Å². The van der Waals surface area contributed by atoms with E-state index in [1.54, 1.807) is 0 Å². The molecule has 0 saturated heterocycles. The summed E-state index contributed by atoms with van der Waals surface area (Å²) in [6.45, 7) is 10.2. The fraction of sp³-hybridized carbons (Fsp3) is 0.333. The van der Waals surface area contributed by atoms with Crippen LogP contribution in [0.2, 0.25) is 0 Å². The van der Waals surface area contributed by atoms with Crippen LogP contribution < -0.4 is 0 Å². The standard InChI is InChI=1S/C18H24/c1-5-7-15(2)8-6-9-17(4)14-18-12-10-16(3)11-13-18/h5-8,10-13,17H,1,9,14H2,2-4H3/b8-6-,15-7-. The molecule has 1 aromatic rings. The van der Waals surface area contributed by atoms with Crippen molar-refractivity contribution in [2.75, 3.05) is 0 Å². The summed E-state index contributed by atoms with van der Waals surface area (Å²) in [5.41, 5.74) is 4.02. The second-order valence-electron chi connectivity index (χ2n) is 5.08. The highest BCUT2D eigenvalue weighted by Crippen LogP contribution is 2.13. The lowest BCUT2D eigenvalue weighted by molar-refractivity contribution is 0.589. The van der Waals surface area contributed by atoms with E-state index in [1.165, 1.54) is 16.7 Å². The van der Waals surface area contributed by atoms with Crippen molar-refractivity contribution in [3.8, 4) is 0 Å². The molecule has 0 aromatic heterocycles. The molecule has 1 atom stereocenters. The highest BCUT2D eigenvalue weighted by Gasteiger charge is 2.01. The molecule has 0 aliphatic rings. The van der Waals surface area contributed by atoms with E-state index in [-0.39, 0.29) is 0 Å². The van der Waals surface area contributed by atoms with Gasteiger partial charge in [-0.25, -0.2) is 0 Å². The normalized spacial score (nSPS) is 13.8. The molecular formula is C18H24. The monoisotopic (exact) mass is 240 g/mol. The van der Waals surface area contributed by atoms with E-state index in [2.05, 4.69) is 63.8 Å². The number of hydrogen-bond acceptors (Lipinski definition) is 0. The van der Waals surface area contributed by atoms with Crippen LogP contribution in [0.1, 0.15) is 31.4 Å². The first-order valence-electron chi connectivity index (χ1n) is 6.63. The molecule has 0 heteroatoms. The SMILES string of the molecule is C=C/C=C(C)\C=C/CC(C)Cc1ccc(C)cc1.